The van der Waals surface area contributed by atoms with Crippen molar-refractivity contribution in [3.8, 4) is 5.75 Å². The molecule has 1 aliphatic heterocycles. The third-order valence-corrected chi connectivity index (χ3v) is 3.23. The van der Waals surface area contributed by atoms with Crippen LogP contribution in [-0.4, -0.2) is 30.3 Å². The van der Waals surface area contributed by atoms with E-state index in [1.54, 1.807) is 6.92 Å². The number of ether oxygens (including phenoxy) is 1. The number of benzene rings is 1. The Labute approximate surface area is 108 Å². The zero-order chi connectivity index (χ0) is 12.4. The maximum absolute atomic E-state index is 12.0. The first-order valence-electron chi connectivity index (χ1n) is 5.45. The van der Waals surface area contributed by atoms with Gasteiger partial charge in [-0.05, 0) is 25.1 Å². The Morgan fingerprint density at radius 3 is 3.18 bits per heavy atom. The van der Waals surface area contributed by atoms with Gasteiger partial charge in [0.1, 0.15) is 18.3 Å². The van der Waals surface area contributed by atoms with Crippen LogP contribution in [0.2, 0.25) is 0 Å². The number of fused-ring (bicyclic) bond motifs is 1. The Hall–Kier alpha value is -1.07. The fourth-order valence-corrected chi connectivity index (χ4v) is 2.17. The molecule has 0 radical (unpaired) electrons. The molecule has 2 atom stereocenters. The number of amides is 1. The highest BCUT2D eigenvalue weighted by molar-refractivity contribution is 9.10. The molecule has 0 spiro atoms. The molecule has 0 bridgehead atoms. The van der Waals surface area contributed by atoms with Crippen LogP contribution in [-0.2, 0) is 4.79 Å². The number of rotatable bonds is 3. The van der Waals surface area contributed by atoms with Crippen molar-refractivity contribution >= 4 is 21.8 Å². The summed E-state index contributed by atoms with van der Waals surface area (Å²) in [5, 5.41) is 11.7. The Morgan fingerprint density at radius 1 is 1.71 bits per heavy atom. The summed E-state index contributed by atoms with van der Waals surface area (Å²) >= 11 is 3.38. The summed E-state index contributed by atoms with van der Waals surface area (Å²) in [6, 6.07) is 5.40. The summed E-state index contributed by atoms with van der Waals surface area (Å²) in [4.78, 5) is 12.0. The van der Waals surface area contributed by atoms with E-state index in [4.69, 9.17) is 9.84 Å². The van der Waals surface area contributed by atoms with E-state index >= 15 is 0 Å². The smallest absolute Gasteiger partial charge is 0.231 e. The van der Waals surface area contributed by atoms with Gasteiger partial charge in [0.15, 0.2) is 0 Å². The first kappa shape index (κ1) is 12.4. The first-order chi connectivity index (χ1) is 8.11. The van der Waals surface area contributed by atoms with Crippen LogP contribution in [0.25, 0.3) is 0 Å². The monoisotopic (exact) mass is 299 g/mol. The van der Waals surface area contributed by atoms with Crippen molar-refractivity contribution in [2.24, 2.45) is 0 Å². The third-order valence-electron chi connectivity index (χ3n) is 2.73. The van der Waals surface area contributed by atoms with Gasteiger partial charge < -0.3 is 15.2 Å². The van der Waals surface area contributed by atoms with Crippen molar-refractivity contribution in [2.45, 2.75) is 18.9 Å². The number of carbonyl (C=O) groups excluding carboxylic acids is 1. The van der Waals surface area contributed by atoms with Gasteiger partial charge in [-0.1, -0.05) is 15.9 Å². The molecule has 4 nitrogen and oxygen atoms in total. The molecule has 1 aromatic rings. The largest absolute Gasteiger partial charge is 0.492 e. The lowest BCUT2D eigenvalue weighted by molar-refractivity contribution is -0.123. The van der Waals surface area contributed by atoms with Gasteiger partial charge in [0.25, 0.3) is 0 Å². The van der Waals surface area contributed by atoms with Crippen LogP contribution in [0.15, 0.2) is 22.7 Å². The molecule has 1 aliphatic rings. The lowest BCUT2D eigenvalue weighted by atomic mass is 10.0. The van der Waals surface area contributed by atoms with Gasteiger partial charge in [0.2, 0.25) is 5.91 Å². The van der Waals surface area contributed by atoms with Crippen molar-refractivity contribution in [1.29, 1.82) is 0 Å². The molecule has 1 aromatic carbocycles. The van der Waals surface area contributed by atoms with E-state index in [1.165, 1.54) is 0 Å². The molecule has 92 valence electrons. The van der Waals surface area contributed by atoms with Crippen LogP contribution in [0.3, 0.4) is 0 Å². The maximum atomic E-state index is 12.0. The summed E-state index contributed by atoms with van der Waals surface area (Å²) < 4.78 is 6.38. The Kier molecular flexibility index (Phi) is 3.69. The van der Waals surface area contributed by atoms with Gasteiger partial charge in [-0.15, -0.1) is 0 Å². The van der Waals surface area contributed by atoms with Crippen molar-refractivity contribution in [2.75, 3.05) is 13.2 Å². The molecule has 1 heterocycles. The number of hydrogen-bond donors (Lipinski definition) is 2. The topological polar surface area (TPSA) is 58.6 Å². The molecular formula is C12H14BrNO3. The molecule has 0 saturated carbocycles. The van der Waals surface area contributed by atoms with E-state index in [0.29, 0.717) is 6.61 Å². The predicted octanol–water partition coefficient (Wildman–Crippen LogP) is 1.42. The number of aliphatic hydroxyl groups excluding tert-OH is 1. The van der Waals surface area contributed by atoms with Gasteiger partial charge in [-0.25, -0.2) is 0 Å². The summed E-state index contributed by atoms with van der Waals surface area (Å²) in [6.07, 6.45) is 0. The quantitative estimate of drug-likeness (QED) is 0.887. The highest BCUT2D eigenvalue weighted by Crippen LogP contribution is 2.35. The summed E-state index contributed by atoms with van der Waals surface area (Å²) in [7, 11) is 0. The molecule has 0 saturated heterocycles. The standard InChI is InChI=1S/C12H14BrNO3/c1-7(5-15)14-12(16)10-6-17-11-3-2-8(13)4-9(10)11/h2-4,7,10,15H,5-6H2,1H3,(H,14,16). The number of hydrogen-bond acceptors (Lipinski definition) is 3. The van der Waals surface area contributed by atoms with E-state index in [2.05, 4.69) is 21.2 Å². The van der Waals surface area contributed by atoms with Crippen molar-refractivity contribution in [3.05, 3.63) is 28.2 Å². The minimum absolute atomic E-state index is 0.0648. The Morgan fingerprint density at radius 2 is 2.47 bits per heavy atom. The van der Waals surface area contributed by atoms with E-state index in [1.807, 2.05) is 18.2 Å². The van der Waals surface area contributed by atoms with Gasteiger partial charge in [-0.3, -0.25) is 4.79 Å². The molecule has 2 rings (SSSR count). The second-order valence-electron chi connectivity index (χ2n) is 4.14. The summed E-state index contributed by atoms with van der Waals surface area (Å²) in [5.74, 6) is 0.352. The second-order valence-corrected chi connectivity index (χ2v) is 5.05. The molecule has 0 fully saturated rings. The van der Waals surface area contributed by atoms with Crippen molar-refractivity contribution in [3.63, 3.8) is 0 Å². The van der Waals surface area contributed by atoms with E-state index in [0.717, 1.165) is 15.8 Å². The highest BCUT2D eigenvalue weighted by atomic mass is 79.9. The van der Waals surface area contributed by atoms with Crippen molar-refractivity contribution in [1.82, 2.24) is 5.32 Å². The normalized spacial score (nSPS) is 19.4. The molecule has 0 aromatic heterocycles. The van der Waals surface area contributed by atoms with Crippen LogP contribution in [0.1, 0.15) is 18.4 Å². The average molecular weight is 300 g/mol. The number of aliphatic hydroxyl groups is 1. The van der Waals surface area contributed by atoms with Gasteiger partial charge >= 0.3 is 0 Å². The van der Waals surface area contributed by atoms with E-state index < -0.39 is 0 Å². The van der Waals surface area contributed by atoms with Crippen LogP contribution in [0.4, 0.5) is 0 Å². The van der Waals surface area contributed by atoms with E-state index in [9.17, 15) is 4.79 Å². The lowest BCUT2D eigenvalue weighted by Crippen LogP contribution is -2.38. The zero-order valence-corrected chi connectivity index (χ0v) is 11.0. The van der Waals surface area contributed by atoms with Gasteiger partial charge in [-0.2, -0.15) is 0 Å². The van der Waals surface area contributed by atoms with Crippen LogP contribution in [0.5, 0.6) is 5.75 Å². The van der Waals surface area contributed by atoms with Crippen LogP contribution >= 0.6 is 15.9 Å². The molecule has 2 unspecified atom stereocenters. The lowest BCUT2D eigenvalue weighted by Gasteiger charge is -2.14. The molecule has 1 amide bonds. The summed E-state index contributed by atoms with van der Waals surface area (Å²) in [6.45, 7) is 2.05. The maximum Gasteiger partial charge on any atom is 0.231 e. The van der Waals surface area contributed by atoms with E-state index in [-0.39, 0.29) is 24.5 Å². The fourth-order valence-electron chi connectivity index (χ4n) is 1.79. The van der Waals surface area contributed by atoms with Gasteiger partial charge in [0.05, 0.1) is 6.61 Å². The number of nitrogens with one attached hydrogen (secondary N) is 1. The molecule has 17 heavy (non-hydrogen) atoms. The first-order valence-corrected chi connectivity index (χ1v) is 6.24. The van der Waals surface area contributed by atoms with Crippen LogP contribution in [0, 0.1) is 0 Å². The molecule has 2 N–H and O–H groups in total. The van der Waals surface area contributed by atoms with Gasteiger partial charge in [0, 0.05) is 16.1 Å². The highest BCUT2D eigenvalue weighted by Gasteiger charge is 2.30. The second kappa shape index (κ2) is 5.06. The number of carbonyl (C=O) groups is 1. The number of halogens is 1. The zero-order valence-electron chi connectivity index (χ0n) is 9.44. The molecule has 5 heteroatoms. The summed E-state index contributed by atoms with van der Waals surface area (Å²) in [5.41, 5.74) is 0.891. The minimum atomic E-state index is -0.295. The molecular weight excluding hydrogens is 286 g/mol. The molecule has 0 aliphatic carbocycles. The predicted molar refractivity (Wildman–Crippen MR) is 67.1 cm³/mol. The fraction of sp³-hybridized carbons (Fsp3) is 0.417. The Balaban J connectivity index is 2.16. The Bertz CT molecular complexity index is 436. The van der Waals surface area contributed by atoms with Crippen molar-refractivity contribution < 1.29 is 14.6 Å². The van der Waals surface area contributed by atoms with Crippen LogP contribution < -0.4 is 10.1 Å². The minimum Gasteiger partial charge on any atom is -0.492 e. The average Bonchev–Trinajstić information content (AvgIpc) is 2.71. The third kappa shape index (κ3) is 2.61. The SMILES string of the molecule is CC(CO)NC(=O)C1COc2ccc(Br)cc21.